The molecule has 0 aromatic heterocycles. The van der Waals surface area contributed by atoms with E-state index in [0.717, 1.165) is 12.8 Å². The zero-order chi connectivity index (χ0) is 6.41. The van der Waals surface area contributed by atoms with Crippen molar-refractivity contribution in [3.8, 4) is 0 Å². The fourth-order valence-electron chi connectivity index (χ4n) is 0.462. The van der Waals surface area contributed by atoms with Crippen LogP contribution >= 0.6 is 0 Å². The predicted molar refractivity (Wildman–Crippen MR) is 35.7 cm³/mol. The van der Waals surface area contributed by atoms with Gasteiger partial charge in [0.05, 0.1) is 5.84 Å². The molecule has 0 heterocycles. The number of hydrogen-bond acceptors (Lipinski definition) is 1. The van der Waals surface area contributed by atoms with Gasteiger partial charge >= 0.3 is 0 Å². The molecule has 0 aliphatic carbocycles. The topological polar surface area (TPSA) is 49.9 Å². The smallest absolute Gasteiger partial charge is 0.0944 e. The number of amidine groups is 1. The maximum Gasteiger partial charge on any atom is 0.0944 e. The van der Waals surface area contributed by atoms with Crippen molar-refractivity contribution >= 4 is 5.84 Å². The maximum absolute atomic E-state index is 6.79. The van der Waals surface area contributed by atoms with E-state index in [9.17, 15) is 0 Å². The van der Waals surface area contributed by atoms with E-state index in [2.05, 4.69) is 6.92 Å². The van der Waals surface area contributed by atoms with Gasteiger partial charge in [0.1, 0.15) is 0 Å². The fourth-order valence-corrected chi connectivity index (χ4v) is 0.462. The second-order valence-corrected chi connectivity index (χ2v) is 1.80. The minimum absolute atomic E-state index is 0.193. The monoisotopic (exact) mass is 113 g/mol. The van der Waals surface area contributed by atoms with Crippen LogP contribution in [0.5, 0.6) is 0 Å². The van der Waals surface area contributed by atoms with Crippen molar-refractivity contribution in [3.63, 3.8) is 0 Å². The van der Waals surface area contributed by atoms with Gasteiger partial charge in [0.25, 0.3) is 0 Å². The molecule has 2 heteroatoms. The molecule has 0 saturated carbocycles. The lowest BCUT2D eigenvalue weighted by molar-refractivity contribution is 0.798. The molecule has 2 nitrogen and oxygen atoms in total. The Labute approximate surface area is 50.6 Å². The van der Waals surface area contributed by atoms with Crippen LogP contribution in [0.2, 0.25) is 0 Å². The zero-order valence-corrected chi connectivity index (χ0v) is 5.28. The third-order valence-corrected chi connectivity index (χ3v) is 0.922. The van der Waals surface area contributed by atoms with Crippen LogP contribution in [0.1, 0.15) is 26.2 Å². The maximum atomic E-state index is 6.79. The number of unbranched alkanes of at least 4 members (excludes halogenated alkanes) is 2. The zero-order valence-electron chi connectivity index (χ0n) is 5.28. The Morgan fingerprint density at radius 1 is 1.75 bits per heavy atom. The molecule has 0 aromatic carbocycles. The van der Waals surface area contributed by atoms with Gasteiger partial charge in [0, 0.05) is 6.42 Å². The van der Waals surface area contributed by atoms with E-state index in [1.54, 1.807) is 6.42 Å². The van der Waals surface area contributed by atoms with Gasteiger partial charge in [0.15, 0.2) is 0 Å². The molecule has 1 radical (unpaired) electrons. The second kappa shape index (κ2) is 4.62. The molecular weight excluding hydrogens is 100 g/mol. The third kappa shape index (κ3) is 5.47. The Bertz CT molecular complexity index is 68.9. The summed E-state index contributed by atoms with van der Waals surface area (Å²) in [7, 11) is 0. The summed E-state index contributed by atoms with van der Waals surface area (Å²) >= 11 is 0. The average Bonchev–Trinajstić information content (AvgIpc) is 1.66. The molecule has 47 valence electrons. The van der Waals surface area contributed by atoms with Crippen LogP contribution in [-0.2, 0) is 0 Å². The van der Waals surface area contributed by atoms with Crippen molar-refractivity contribution in [1.29, 1.82) is 5.41 Å². The van der Waals surface area contributed by atoms with Crippen LogP contribution in [0.4, 0.5) is 0 Å². The largest absolute Gasteiger partial charge is 0.387 e. The van der Waals surface area contributed by atoms with Gasteiger partial charge < -0.3 is 5.73 Å². The summed E-state index contributed by atoms with van der Waals surface area (Å²) in [6, 6.07) is 0. The first-order valence-electron chi connectivity index (χ1n) is 2.94. The van der Waals surface area contributed by atoms with Gasteiger partial charge in [-0.2, -0.15) is 0 Å². The number of nitrogens with two attached hydrogens (primary N) is 1. The highest BCUT2D eigenvalue weighted by Gasteiger charge is 1.87. The molecule has 3 N–H and O–H groups in total. The molecule has 0 atom stereocenters. The van der Waals surface area contributed by atoms with Gasteiger partial charge in [-0.3, -0.25) is 5.41 Å². The molecular formula is C6H13N2. The summed E-state index contributed by atoms with van der Waals surface area (Å²) in [6.45, 7) is 2.12. The number of hydrogen-bond donors (Lipinski definition) is 2. The van der Waals surface area contributed by atoms with Crippen LogP contribution in [0.15, 0.2) is 0 Å². The third-order valence-electron chi connectivity index (χ3n) is 0.922. The minimum Gasteiger partial charge on any atom is -0.387 e. The highest BCUT2D eigenvalue weighted by Crippen LogP contribution is 1.95. The minimum atomic E-state index is 0.193. The molecule has 0 aromatic rings. The van der Waals surface area contributed by atoms with Crippen molar-refractivity contribution in [2.24, 2.45) is 5.73 Å². The highest BCUT2D eigenvalue weighted by molar-refractivity contribution is 5.85. The van der Waals surface area contributed by atoms with E-state index in [1.807, 2.05) is 0 Å². The highest BCUT2D eigenvalue weighted by atomic mass is 14.7. The van der Waals surface area contributed by atoms with Crippen molar-refractivity contribution in [2.45, 2.75) is 26.2 Å². The lowest BCUT2D eigenvalue weighted by Gasteiger charge is -1.92. The van der Waals surface area contributed by atoms with Gasteiger partial charge in [-0.15, -0.1) is 0 Å². The number of nitrogens with one attached hydrogen (secondary N) is 1. The van der Waals surface area contributed by atoms with Gasteiger partial charge in [-0.1, -0.05) is 19.8 Å². The summed E-state index contributed by atoms with van der Waals surface area (Å²) in [5.74, 6) is 0.193. The van der Waals surface area contributed by atoms with Crippen LogP contribution in [-0.4, -0.2) is 5.84 Å². The van der Waals surface area contributed by atoms with E-state index in [-0.39, 0.29) is 5.84 Å². The lowest BCUT2D eigenvalue weighted by Crippen LogP contribution is -2.09. The van der Waals surface area contributed by atoms with Crippen LogP contribution < -0.4 is 5.73 Å². The van der Waals surface area contributed by atoms with E-state index < -0.39 is 0 Å². The van der Waals surface area contributed by atoms with Gasteiger partial charge in [0.2, 0.25) is 0 Å². The Kier molecular flexibility index (Phi) is 4.32. The average molecular weight is 113 g/mol. The predicted octanol–water partition coefficient (Wildman–Crippen LogP) is 1.32. The summed E-state index contributed by atoms with van der Waals surface area (Å²) < 4.78 is 0. The SMILES string of the molecule is CCCC[CH]C(=N)N. The molecule has 0 aliphatic heterocycles. The molecule has 8 heavy (non-hydrogen) atoms. The molecule has 0 spiro atoms. The first-order chi connectivity index (χ1) is 3.77. The summed E-state index contributed by atoms with van der Waals surface area (Å²) in [6.07, 6.45) is 5.00. The Balaban J connectivity index is 2.82. The summed E-state index contributed by atoms with van der Waals surface area (Å²) in [5.41, 5.74) is 5.06. The summed E-state index contributed by atoms with van der Waals surface area (Å²) in [4.78, 5) is 0. The molecule has 0 rings (SSSR count). The fraction of sp³-hybridized carbons (Fsp3) is 0.667. The molecule has 0 amide bonds. The Morgan fingerprint density at radius 3 is 2.75 bits per heavy atom. The first-order valence-corrected chi connectivity index (χ1v) is 2.94. The Morgan fingerprint density at radius 2 is 2.38 bits per heavy atom. The molecule has 0 fully saturated rings. The summed E-state index contributed by atoms with van der Waals surface area (Å²) in [5, 5.41) is 6.79. The van der Waals surface area contributed by atoms with E-state index in [0.29, 0.717) is 0 Å². The second-order valence-electron chi connectivity index (χ2n) is 1.80. The van der Waals surface area contributed by atoms with Gasteiger partial charge in [-0.05, 0) is 6.42 Å². The molecule has 0 unspecified atom stereocenters. The Hall–Kier alpha value is -0.530. The quantitative estimate of drug-likeness (QED) is 0.322. The van der Waals surface area contributed by atoms with Crippen molar-refractivity contribution in [3.05, 3.63) is 6.42 Å². The van der Waals surface area contributed by atoms with E-state index >= 15 is 0 Å². The van der Waals surface area contributed by atoms with Crippen molar-refractivity contribution in [1.82, 2.24) is 0 Å². The van der Waals surface area contributed by atoms with E-state index in [1.165, 1.54) is 6.42 Å². The molecule has 0 bridgehead atoms. The molecule has 0 saturated heterocycles. The number of rotatable bonds is 4. The van der Waals surface area contributed by atoms with Crippen LogP contribution in [0.25, 0.3) is 0 Å². The first kappa shape index (κ1) is 7.47. The van der Waals surface area contributed by atoms with Crippen LogP contribution in [0, 0.1) is 11.8 Å². The van der Waals surface area contributed by atoms with Crippen molar-refractivity contribution < 1.29 is 0 Å². The van der Waals surface area contributed by atoms with E-state index in [4.69, 9.17) is 11.1 Å². The van der Waals surface area contributed by atoms with Crippen LogP contribution in [0.3, 0.4) is 0 Å². The lowest BCUT2D eigenvalue weighted by atomic mass is 10.2. The standard InChI is InChI=1S/C6H13N2/c1-2-3-4-5-6(7)8/h5H,2-4H2,1H3,(H3,7,8). The van der Waals surface area contributed by atoms with Gasteiger partial charge in [-0.25, -0.2) is 0 Å². The molecule has 0 aliphatic rings. The van der Waals surface area contributed by atoms with Crippen molar-refractivity contribution in [2.75, 3.05) is 0 Å². The normalized spacial score (nSPS) is 9.12.